The van der Waals surface area contributed by atoms with Gasteiger partial charge < -0.3 is 15.7 Å². The number of rotatable bonds is 5. The molecule has 0 spiro atoms. The largest absolute Gasteiger partial charge is 0.481 e. The van der Waals surface area contributed by atoms with Gasteiger partial charge in [-0.2, -0.15) is 0 Å². The molecule has 0 aromatic heterocycles. The van der Waals surface area contributed by atoms with E-state index in [9.17, 15) is 14.7 Å². The zero-order chi connectivity index (χ0) is 13.8. The molecule has 5 heteroatoms. The molecule has 18 heavy (non-hydrogen) atoms. The van der Waals surface area contributed by atoms with Crippen molar-refractivity contribution in [1.29, 1.82) is 0 Å². The molecular weight excluding hydrogens is 232 g/mol. The average Bonchev–Trinajstić information content (AvgIpc) is 2.35. The van der Waals surface area contributed by atoms with Crippen molar-refractivity contribution in [3.8, 4) is 0 Å². The monoisotopic (exact) mass is 256 g/mol. The first-order chi connectivity index (χ1) is 8.41. The smallest absolute Gasteiger partial charge is 0.311 e. The highest BCUT2D eigenvalue weighted by atomic mass is 16.4. The Morgan fingerprint density at radius 1 is 1.50 bits per heavy atom. The molecule has 3 N–H and O–H groups in total. The average molecular weight is 256 g/mol. The second-order valence-electron chi connectivity index (χ2n) is 5.37. The predicted molar refractivity (Wildman–Crippen MR) is 69.1 cm³/mol. The summed E-state index contributed by atoms with van der Waals surface area (Å²) in [7, 11) is 0. The number of amides is 1. The summed E-state index contributed by atoms with van der Waals surface area (Å²) in [6.07, 6.45) is 3.07. The molecule has 0 aliphatic carbocycles. The molecule has 2 unspecified atom stereocenters. The van der Waals surface area contributed by atoms with Gasteiger partial charge in [-0.05, 0) is 32.6 Å². The summed E-state index contributed by atoms with van der Waals surface area (Å²) in [4.78, 5) is 25.1. The Hall–Kier alpha value is -1.10. The lowest BCUT2D eigenvalue weighted by molar-refractivity contribution is -0.155. The van der Waals surface area contributed by atoms with Crippen LogP contribution in [0, 0.1) is 5.41 Å². The maximum atomic E-state index is 12.0. The van der Waals surface area contributed by atoms with Gasteiger partial charge in [0.15, 0.2) is 0 Å². The van der Waals surface area contributed by atoms with Crippen LogP contribution in [0.2, 0.25) is 0 Å². The molecule has 0 saturated carbocycles. The topological polar surface area (TPSA) is 83.6 Å². The zero-order valence-corrected chi connectivity index (χ0v) is 11.3. The van der Waals surface area contributed by atoms with Crippen LogP contribution in [0.25, 0.3) is 0 Å². The van der Waals surface area contributed by atoms with Gasteiger partial charge in [-0.1, -0.05) is 6.92 Å². The number of piperidine rings is 1. The Bertz CT molecular complexity index is 317. The highest BCUT2D eigenvalue weighted by molar-refractivity contribution is 5.79. The molecule has 1 saturated heterocycles. The molecule has 0 radical (unpaired) electrons. The standard InChI is InChI=1S/C13H24N2O3/c1-3-13(12(17)18)7-4-8-15(9-13)11(16)6-5-10(2)14/h10H,3-9,14H2,1-2H3,(H,17,18). The van der Waals surface area contributed by atoms with Crippen LogP contribution < -0.4 is 5.73 Å². The van der Waals surface area contributed by atoms with E-state index < -0.39 is 11.4 Å². The Balaban J connectivity index is 2.63. The summed E-state index contributed by atoms with van der Waals surface area (Å²) in [5, 5.41) is 9.35. The van der Waals surface area contributed by atoms with Crippen molar-refractivity contribution in [1.82, 2.24) is 4.90 Å². The molecule has 1 amide bonds. The van der Waals surface area contributed by atoms with Crippen LogP contribution in [0.4, 0.5) is 0 Å². The summed E-state index contributed by atoms with van der Waals surface area (Å²) in [5.74, 6) is -0.749. The molecule has 2 atom stereocenters. The van der Waals surface area contributed by atoms with Gasteiger partial charge in [0.1, 0.15) is 0 Å². The lowest BCUT2D eigenvalue weighted by Gasteiger charge is -2.39. The van der Waals surface area contributed by atoms with Gasteiger partial charge in [0, 0.05) is 25.6 Å². The van der Waals surface area contributed by atoms with Crippen molar-refractivity contribution in [2.24, 2.45) is 11.1 Å². The fourth-order valence-electron chi connectivity index (χ4n) is 2.47. The molecule has 1 rings (SSSR count). The summed E-state index contributed by atoms with van der Waals surface area (Å²) < 4.78 is 0. The summed E-state index contributed by atoms with van der Waals surface area (Å²) in [6.45, 7) is 4.77. The minimum absolute atomic E-state index is 0.00847. The van der Waals surface area contributed by atoms with Crippen molar-refractivity contribution in [2.45, 2.75) is 52.0 Å². The van der Waals surface area contributed by atoms with E-state index in [4.69, 9.17) is 5.73 Å². The van der Waals surface area contributed by atoms with Gasteiger partial charge in [0.05, 0.1) is 5.41 Å². The van der Waals surface area contributed by atoms with Crippen molar-refractivity contribution >= 4 is 11.9 Å². The summed E-state index contributed by atoms with van der Waals surface area (Å²) in [6, 6.07) is 0.00847. The summed E-state index contributed by atoms with van der Waals surface area (Å²) >= 11 is 0. The lowest BCUT2D eigenvalue weighted by Crippen LogP contribution is -2.49. The molecule has 1 aliphatic rings. The first kappa shape index (κ1) is 15.0. The Kier molecular flexibility index (Phi) is 5.14. The SMILES string of the molecule is CCC1(C(=O)O)CCCN(C(=O)CCC(C)N)C1. The van der Waals surface area contributed by atoms with Gasteiger partial charge >= 0.3 is 5.97 Å². The predicted octanol–water partition coefficient (Wildman–Crippen LogP) is 1.22. The van der Waals surface area contributed by atoms with E-state index in [0.717, 1.165) is 6.42 Å². The highest BCUT2D eigenvalue weighted by Crippen LogP contribution is 2.33. The molecule has 1 aliphatic heterocycles. The molecule has 0 aromatic rings. The van der Waals surface area contributed by atoms with Crippen molar-refractivity contribution in [2.75, 3.05) is 13.1 Å². The second-order valence-corrected chi connectivity index (χ2v) is 5.37. The minimum atomic E-state index is -0.783. The zero-order valence-electron chi connectivity index (χ0n) is 11.3. The van der Waals surface area contributed by atoms with Crippen molar-refractivity contribution in [3.05, 3.63) is 0 Å². The number of hydrogen-bond donors (Lipinski definition) is 2. The maximum Gasteiger partial charge on any atom is 0.311 e. The van der Waals surface area contributed by atoms with Gasteiger partial charge in [0.2, 0.25) is 5.91 Å². The lowest BCUT2D eigenvalue weighted by atomic mass is 9.77. The molecule has 0 bridgehead atoms. The van der Waals surface area contributed by atoms with Crippen LogP contribution >= 0.6 is 0 Å². The van der Waals surface area contributed by atoms with Crippen LogP contribution in [-0.4, -0.2) is 41.0 Å². The molecule has 1 fully saturated rings. The first-order valence-electron chi connectivity index (χ1n) is 6.68. The Labute approximate surface area is 108 Å². The number of carboxylic acid groups (broad SMARTS) is 1. The highest BCUT2D eigenvalue weighted by Gasteiger charge is 2.41. The first-order valence-corrected chi connectivity index (χ1v) is 6.68. The number of carbonyl (C=O) groups excluding carboxylic acids is 1. The normalized spacial score (nSPS) is 25.8. The third-order valence-corrected chi connectivity index (χ3v) is 3.87. The molecule has 5 nitrogen and oxygen atoms in total. The maximum absolute atomic E-state index is 12.0. The van der Waals surface area contributed by atoms with Crippen LogP contribution in [0.3, 0.4) is 0 Å². The van der Waals surface area contributed by atoms with E-state index in [1.54, 1.807) is 4.90 Å². The van der Waals surface area contributed by atoms with Crippen molar-refractivity contribution in [3.63, 3.8) is 0 Å². The fourth-order valence-corrected chi connectivity index (χ4v) is 2.47. The third-order valence-electron chi connectivity index (χ3n) is 3.87. The molecule has 104 valence electrons. The Morgan fingerprint density at radius 3 is 2.67 bits per heavy atom. The third kappa shape index (κ3) is 3.45. The van der Waals surface area contributed by atoms with Gasteiger partial charge in [-0.3, -0.25) is 9.59 Å². The fraction of sp³-hybridized carbons (Fsp3) is 0.846. The number of hydrogen-bond acceptors (Lipinski definition) is 3. The number of nitrogens with two attached hydrogens (primary N) is 1. The van der Waals surface area contributed by atoms with Gasteiger partial charge in [-0.25, -0.2) is 0 Å². The van der Waals surface area contributed by atoms with E-state index >= 15 is 0 Å². The molecular formula is C13H24N2O3. The van der Waals surface area contributed by atoms with E-state index in [1.165, 1.54) is 0 Å². The Morgan fingerprint density at radius 2 is 2.17 bits per heavy atom. The van der Waals surface area contributed by atoms with Gasteiger partial charge in [-0.15, -0.1) is 0 Å². The molecule has 1 heterocycles. The second kappa shape index (κ2) is 6.18. The number of aliphatic carboxylic acids is 1. The summed E-state index contributed by atoms with van der Waals surface area (Å²) in [5.41, 5.74) is 4.89. The molecule has 0 aromatic carbocycles. The minimum Gasteiger partial charge on any atom is -0.481 e. The van der Waals surface area contributed by atoms with Gasteiger partial charge in [0.25, 0.3) is 0 Å². The van der Waals surface area contributed by atoms with Crippen LogP contribution in [0.1, 0.15) is 46.0 Å². The number of likely N-dealkylation sites (tertiary alicyclic amines) is 1. The van der Waals surface area contributed by atoms with Crippen LogP contribution in [0.5, 0.6) is 0 Å². The van der Waals surface area contributed by atoms with Crippen molar-refractivity contribution < 1.29 is 14.7 Å². The van der Waals surface area contributed by atoms with E-state index in [1.807, 2.05) is 13.8 Å². The number of carboxylic acids is 1. The van der Waals surface area contributed by atoms with Crippen LogP contribution in [-0.2, 0) is 9.59 Å². The van der Waals surface area contributed by atoms with E-state index in [2.05, 4.69) is 0 Å². The van der Waals surface area contributed by atoms with Crippen LogP contribution in [0.15, 0.2) is 0 Å². The quantitative estimate of drug-likeness (QED) is 0.774. The number of carbonyl (C=O) groups is 2. The van der Waals surface area contributed by atoms with E-state index in [0.29, 0.717) is 38.8 Å². The van der Waals surface area contributed by atoms with E-state index in [-0.39, 0.29) is 11.9 Å². The number of nitrogens with zero attached hydrogens (tertiary/aromatic N) is 1.